The van der Waals surface area contributed by atoms with Crippen molar-refractivity contribution in [1.29, 1.82) is 0 Å². The van der Waals surface area contributed by atoms with E-state index in [-0.39, 0.29) is 0 Å². The molecule has 1 heterocycles. The summed E-state index contributed by atoms with van der Waals surface area (Å²) in [6.07, 6.45) is 8.81. The monoisotopic (exact) mass is 394 g/mol. The molecule has 0 fully saturated rings. The Hall–Kier alpha value is -2.00. The van der Waals surface area contributed by atoms with Crippen LogP contribution in [0.5, 0.6) is 0 Å². The highest BCUT2D eigenvalue weighted by Gasteiger charge is 2.33. The maximum atomic E-state index is 5.66. The first-order valence-corrected chi connectivity index (χ1v) is 9.57. The van der Waals surface area contributed by atoms with Gasteiger partial charge in [0.15, 0.2) is 5.76 Å². The topological polar surface area (TPSA) is 18.5 Å². The van der Waals surface area contributed by atoms with Gasteiger partial charge in [0.2, 0.25) is 6.79 Å². The van der Waals surface area contributed by atoms with Crippen LogP contribution in [-0.2, 0) is 15.9 Å². The molecule has 1 aromatic carbocycles. The third-order valence-corrected chi connectivity index (χ3v) is 6.30. The second-order valence-corrected chi connectivity index (χ2v) is 7.82. The van der Waals surface area contributed by atoms with E-state index in [1.54, 1.807) is 0 Å². The normalized spacial score (nSPS) is 20.9. The van der Waals surface area contributed by atoms with Gasteiger partial charge in [0.1, 0.15) is 5.76 Å². The average molecular weight is 395 g/mol. The standard InChI is InChI=1S/C22H19BrO2/c1-13-8-19-18(11-20-22(21(19)23)25-12-24-20)17(13)7-6-14-9-15-4-2-3-5-16(15)10-14/h2-5,8-9H,6-7,10-12H2,1H3. The van der Waals surface area contributed by atoms with Crippen LogP contribution < -0.4 is 0 Å². The largest absolute Gasteiger partial charge is 0.458 e. The number of ether oxygens (including phenoxy) is 2. The molecule has 25 heavy (non-hydrogen) atoms. The lowest BCUT2D eigenvalue weighted by atomic mass is 9.92. The van der Waals surface area contributed by atoms with Crippen molar-refractivity contribution in [3.8, 4) is 0 Å². The van der Waals surface area contributed by atoms with Crippen molar-refractivity contribution in [2.45, 2.75) is 32.6 Å². The van der Waals surface area contributed by atoms with Gasteiger partial charge in [0.05, 0.1) is 4.48 Å². The summed E-state index contributed by atoms with van der Waals surface area (Å²) in [6.45, 7) is 2.56. The van der Waals surface area contributed by atoms with E-state index < -0.39 is 0 Å². The van der Waals surface area contributed by atoms with Gasteiger partial charge in [0.25, 0.3) is 0 Å². The summed E-state index contributed by atoms with van der Waals surface area (Å²) in [7, 11) is 0. The first-order chi connectivity index (χ1) is 12.2. The predicted octanol–water partition coefficient (Wildman–Crippen LogP) is 5.93. The lowest BCUT2D eigenvalue weighted by Gasteiger charge is -2.17. The highest BCUT2D eigenvalue weighted by atomic mass is 79.9. The molecule has 3 aliphatic carbocycles. The van der Waals surface area contributed by atoms with E-state index >= 15 is 0 Å². The van der Waals surface area contributed by atoms with E-state index in [1.165, 1.54) is 39.0 Å². The molecule has 0 bridgehead atoms. The number of halogens is 1. The summed E-state index contributed by atoms with van der Waals surface area (Å²) >= 11 is 3.72. The molecule has 0 amide bonds. The lowest BCUT2D eigenvalue weighted by molar-refractivity contribution is 0.0734. The zero-order valence-corrected chi connectivity index (χ0v) is 15.8. The van der Waals surface area contributed by atoms with Crippen LogP contribution in [0.2, 0.25) is 0 Å². The summed E-state index contributed by atoms with van der Waals surface area (Å²) in [6, 6.07) is 8.72. The molecule has 0 saturated carbocycles. The summed E-state index contributed by atoms with van der Waals surface area (Å²) in [4.78, 5) is 0. The predicted molar refractivity (Wildman–Crippen MR) is 103 cm³/mol. The van der Waals surface area contributed by atoms with Crippen LogP contribution in [0.15, 0.2) is 74.2 Å². The third-order valence-electron chi connectivity index (χ3n) is 5.52. The molecule has 0 saturated heterocycles. The van der Waals surface area contributed by atoms with Gasteiger partial charge in [-0.1, -0.05) is 42.0 Å². The van der Waals surface area contributed by atoms with E-state index in [0.29, 0.717) is 6.79 Å². The van der Waals surface area contributed by atoms with Gasteiger partial charge in [-0.25, -0.2) is 0 Å². The van der Waals surface area contributed by atoms with E-state index in [4.69, 9.17) is 9.47 Å². The number of hydrogen-bond donors (Lipinski definition) is 0. The molecular weight excluding hydrogens is 376 g/mol. The zero-order chi connectivity index (χ0) is 17.0. The van der Waals surface area contributed by atoms with Gasteiger partial charge in [-0.2, -0.15) is 0 Å². The molecule has 0 spiro atoms. The van der Waals surface area contributed by atoms with Gasteiger partial charge >= 0.3 is 0 Å². The minimum absolute atomic E-state index is 0.337. The highest BCUT2D eigenvalue weighted by Crippen LogP contribution is 2.48. The first-order valence-electron chi connectivity index (χ1n) is 8.78. The molecule has 0 atom stereocenters. The molecule has 4 aliphatic rings. The average Bonchev–Trinajstić information content (AvgIpc) is 3.30. The lowest BCUT2D eigenvalue weighted by Crippen LogP contribution is -2.02. The van der Waals surface area contributed by atoms with Gasteiger partial charge in [-0.15, -0.1) is 0 Å². The van der Waals surface area contributed by atoms with Crippen LogP contribution in [0, 0.1) is 0 Å². The molecule has 2 nitrogen and oxygen atoms in total. The van der Waals surface area contributed by atoms with Crippen molar-refractivity contribution in [1.82, 2.24) is 0 Å². The Morgan fingerprint density at radius 2 is 1.92 bits per heavy atom. The van der Waals surface area contributed by atoms with Crippen molar-refractivity contribution in [2.75, 3.05) is 6.79 Å². The molecule has 1 aliphatic heterocycles. The fraction of sp³-hybridized carbons (Fsp3) is 0.273. The van der Waals surface area contributed by atoms with Crippen LogP contribution in [0.25, 0.3) is 6.08 Å². The molecule has 126 valence electrons. The number of fused-ring (bicyclic) bond motifs is 2. The Morgan fingerprint density at radius 3 is 2.80 bits per heavy atom. The fourth-order valence-electron chi connectivity index (χ4n) is 4.24. The fourth-order valence-corrected chi connectivity index (χ4v) is 4.93. The molecule has 5 rings (SSSR count). The first kappa shape index (κ1) is 15.3. The van der Waals surface area contributed by atoms with Crippen LogP contribution >= 0.6 is 15.9 Å². The van der Waals surface area contributed by atoms with E-state index in [9.17, 15) is 0 Å². The molecule has 0 radical (unpaired) electrons. The van der Waals surface area contributed by atoms with Gasteiger partial charge < -0.3 is 9.47 Å². The Bertz CT molecular complexity index is 941. The van der Waals surface area contributed by atoms with Crippen LogP contribution in [0.4, 0.5) is 0 Å². The van der Waals surface area contributed by atoms with Crippen LogP contribution in [0.1, 0.15) is 37.3 Å². The van der Waals surface area contributed by atoms with Gasteiger partial charge in [0, 0.05) is 6.42 Å². The van der Waals surface area contributed by atoms with Crippen molar-refractivity contribution < 1.29 is 9.47 Å². The molecule has 3 heteroatoms. The van der Waals surface area contributed by atoms with Crippen LogP contribution in [-0.4, -0.2) is 6.79 Å². The molecule has 1 aromatic rings. The van der Waals surface area contributed by atoms with Gasteiger partial charge in [-0.3, -0.25) is 0 Å². The van der Waals surface area contributed by atoms with Crippen molar-refractivity contribution in [3.05, 3.63) is 85.3 Å². The summed E-state index contributed by atoms with van der Waals surface area (Å²) < 4.78 is 12.3. The van der Waals surface area contributed by atoms with E-state index in [1.807, 2.05) is 0 Å². The SMILES string of the molecule is CC1=CC2=C(Br)C3=C(CC2=C1CCC1=Cc2ccccc2C1)OCO3. The maximum absolute atomic E-state index is 5.66. The zero-order valence-electron chi connectivity index (χ0n) is 14.2. The van der Waals surface area contributed by atoms with Crippen molar-refractivity contribution >= 4 is 22.0 Å². The number of hydrogen-bond acceptors (Lipinski definition) is 2. The number of rotatable bonds is 3. The Labute approximate surface area is 156 Å². The van der Waals surface area contributed by atoms with Crippen molar-refractivity contribution in [2.24, 2.45) is 0 Å². The number of allylic oxidation sites excluding steroid dienone is 7. The third kappa shape index (κ3) is 2.44. The summed E-state index contributed by atoms with van der Waals surface area (Å²) in [5, 5.41) is 0. The molecule has 0 unspecified atom stereocenters. The molecule has 0 N–H and O–H groups in total. The molecule has 0 aromatic heterocycles. The second-order valence-electron chi connectivity index (χ2n) is 7.03. The quantitative estimate of drug-likeness (QED) is 0.632. The summed E-state index contributed by atoms with van der Waals surface area (Å²) in [5.41, 5.74) is 9.92. The highest BCUT2D eigenvalue weighted by molar-refractivity contribution is 9.12. The van der Waals surface area contributed by atoms with E-state index in [2.05, 4.69) is 59.3 Å². The molecular formula is C22H19BrO2. The van der Waals surface area contributed by atoms with Crippen LogP contribution in [0.3, 0.4) is 0 Å². The number of benzene rings is 1. The van der Waals surface area contributed by atoms with Gasteiger partial charge in [-0.05, 0) is 75.5 Å². The maximum Gasteiger partial charge on any atom is 0.230 e. The Kier molecular flexibility index (Phi) is 3.53. The Morgan fingerprint density at radius 1 is 1.04 bits per heavy atom. The smallest absolute Gasteiger partial charge is 0.230 e. The van der Waals surface area contributed by atoms with Crippen molar-refractivity contribution in [3.63, 3.8) is 0 Å². The Balaban J connectivity index is 1.39. The summed E-state index contributed by atoms with van der Waals surface area (Å²) in [5.74, 6) is 1.86. The van der Waals surface area contributed by atoms with E-state index in [0.717, 1.165) is 41.7 Å². The minimum atomic E-state index is 0.337. The minimum Gasteiger partial charge on any atom is -0.458 e. The second kappa shape index (κ2) is 5.77.